The average molecular weight is 304 g/mol. The van der Waals surface area contributed by atoms with Crippen LogP contribution in [0.5, 0.6) is 5.75 Å². The molecule has 1 N–H and O–H groups in total. The Kier molecular flexibility index (Phi) is 4.72. The van der Waals surface area contributed by atoms with Gasteiger partial charge in [-0.3, -0.25) is 4.79 Å². The Labute approximate surface area is 126 Å². The topological polar surface area (TPSA) is 99.3 Å². The van der Waals surface area contributed by atoms with E-state index in [1.165, 1.54) is 10.7 Å². The predicted octanol–water partition coefficient (Wildman–Crippen LogP) is 2.14. The van der Waals surface area contributed by atoms with Crippen LogP contribution in [0.2, 0.25) is 0 Å². The summed E-state index contributed by atoms with van der Waals surface area (Å²) in [4.78, 5) is 22.0. The summed E-state index contributed by atoms with van der Waals surface area (Å²) >= 11 is 0. The largest absolute Gasteiger partial charge is 0.497 e. The van der Waals surface area contributed by atoms with Gasteiger partial charge in [0.15, 0.2) is 0 Å². The Morgan fingerprint density at radius 3 is 2.86 bits per heavy atom. The molecule has 0 unspecified atom stereocenters. The first-order valence-corrected chi connectivity index (χ1v) is 6.62. The quantitative estimate of drug-likeness (QED) is 0.651. The van der Waals surface area contributed by atoms with E-state index in [0.29, 0.717) is 17.1 Å². The number of aromatic nitrogens is 2. The maximum atomic E-state index is 11.9. The third-order valence-electron chi connectivity index (χ3n) is 3.06. The highest BCUT2D eigenvalue weighted by Gasteiger charge is 2.16. The van der Waals surface area contributed by atoms with Gasteiger partial charge in [-0.15, -0.1) is 0 Å². The van der Waals surface area contributed by atoms with Crippen molar-refractivity contribution < 1.29 is 14.5 Å². The Hall–Kier alpha value is -2.90. The van der Waals surface area contributed by atoms with E-state index in [9.17, 15) is 14.9 Å². The van der Waals surface area contributed by atoms with Gasteiger partial charge in [0.05, 0.1) is 30.5 Å². The van der Waals surface area contributed by atoms with Gasteiger partial charge in [-0.2, -0.15) is 4.68 Å². The van der Waals surface area contributed by atoms with E-state index < -0.39 is 4.92 Å². The average Bonchev–Trinajstić information content (AvgIpc) is 2.87. The first-order valence-electron chi connectivity index (χ1n) is 6.62. The highest BCUT2D eigenvalue weighted by atomic mass is 16.6. The van der Waals surface area contributed by atoms with Gasteiger partial charge in [0, 0.05) is 18.2 Å². The molecule has 0 spiro atoms. The molecule has 0 radical (unpaired) electrons. The van der Waals surface area contributed by atoms with Crippen LogP contribution in [0.3, 0.4) is 0 Å². The van der Waals surface area contributed by atoms with Crippen molar-refractivity contribution in [1.29, 1.82) is 0 Å². The van der Waals surface area contributed by atoms with Crippen molar-refractivity contribution in [2.75, 3.05) is 12.4 Å². The van der Waals surface area contributed by atoms with Crippen LogP contribution in [0.1, 0.15) is 12.1 Å². The van der Waals surface area contributed by atoms with Crippen LogP contribution in [0.25, 0.3) is 0 Å². The number of hydrogen-bond acceptors (Lipinski definition) is 5. The molecular weight excluding hydrogens is 288 g/mol. The number of carbonyl (C=O) groups excluding carboxylic acids is 1. The molecule has 0 saturated heterocycles. The van der Waals surface area contributed by atoms with Crippen LogP contribution in [0.4, 0.5) is 11.5 Å². The molecule has 0 aliphatic heterocycles. The van der Waals surface area contributed by atoms with Gasteiger partial charge in [-0.1, -0.05) is 6.07 Å². The van der Waals surface area contributed by atoms with E-state index in [4.69, 9.17) is 4.74 Å². The fourth-order valence-electron chi connectivity index (χ4n) is 1.94. The van der Waals surface area contributed by atoms with Crippen LogP contribution in [-0.2, 0) is 11.3 Å². The van der Waals surface area contributed by atoms with E-state index in [1.54, 1.807) is 38.3 Å². The zero-order valence-electron chi connectivity index (χ0n) is 12.3. The fourth-order valence-corrected chi connectivity index (χ4v) is 1.94. The standard InChI is InChI=1S/C14H16N4O4/c1-10-8-13(18(20)21)16-17(10)7-6-14(19)15-11-4-3-5-12(9-11)22-2/h3-5,8-9H,6-7H2,1-2H3,(H,15,19). The maximum absolute atomic E-state index is 11.9. The number of aryl methyl sites for hydroxylation is 2. The summed E-state index contributed by atoms with van der Waals surface area (Å²) in [7, 11) is 1.55. The number of benzene rings is 1. The third kappa shape index (κ3) is 3.81. The summed E-state index contributed by atoms with van der Waals surface area (Å²) in [6, 6.07) is 8.39. The number of anilines is 1. The zero-order valence-corrected chi connectivity index (χ0v) is 12.3. The van der Waals surface area contributed by atoms with Crippen molar-refractivity contribution in [3.63, 3.8) is 0 Å². The van der Waals surface area contributed by atoms with Gasteiger partial charge in [0.1, 0.15) is 5.75 Å². The van der Waals surface area contributed by atoms with Crippen molar-refractivity contribution >= 4 is 17.4 Å². The monoisotopic (exact) mass is 304 g/mol. The zero-order chi connectivity index (χ0) is 16.1. The van der Waals surface area contributed by atoms with Crippen molar-refractivity contribution in [3.8, 4) is 5.75 Å². The molecule has 1 aromatic heterocycles. The third-order valence-corrected chi connectivity index (χ3v) is 3.06. The van der Waals surface area contributed by atoms with E-state index in [2.05, 4.69) is 10.4 Å². The fraction of sp³-hybridized carbons (Fsp3) is 0.286. The van der Waals surface area contributed by atoms with Gasteiger partial charge in [-0.25, -0.2) is 0 Å². The Bertz CT molecular complexity index is 696. The van der Waals surface area contributed by atoms with Crippen molar-refractivity contribution in [2.24, 2.45) is 0 Å². The molecule has 0 aliphatic rings. The SMILES string of the molecule is COc1cccc(NC(=O)CCn2nc([N+](=O)[O-])cc2C)c1. The van der Waals surface area contributed by atoms with Gasteiger partial charge in [0.2, 0.25) is 5.91 Å². The molecule has 8 heteroatoms. The second-order valence-electron chi connectivity index (χ2n) is 4.65. The van der Waals surface area contributed by atoms with Crippen molar-refractivity contribution in [2.45, 2.75) is 19.9 Å². The molecule has 2 aromatic rings. The lowest BCUT2D eigenvalue weighted by molar-refractivity contribution is -0.389. The molecule has 1 amide bonds. The van der Waals surface area contributed by atoms with Crippen molar-refractivity contribution in [1.82, 2.24) is 9.78 Å². The summed E-state index contributed by atoms with van der Waals surface area (Å²) < 4.78 is 6.53. The first kappa shape index (κ1) is 15.5. The first-order chi connectivity index (χ1) is 10.5. The van der Waals surface area contributed by atoms with Crippen LogP contribution in [-0.4, -0.2) is 27.7 Å². The minimum absolute atomic E-state index is 0.164. The van der Waals surface area contributed by atoms with Crippen LogP contribution in [0.15, 0.2) is 30.3 Å². The second kappa shape index (κ2) is 6.70. The highest BCUT2D eigenvalue weighted by molar-refractivity contribution is 5.90. The summed E-state index contributed by atoms with van der Waals surface area (Å²) in [5, 5.41) is 17.2. The van der Waals surface area contributed by atoms with Crippen molar-refractivity contribution in [3.05, 3.63) is 46.1 Å². The minimum atomic E-state index is -0.556. The molecule has 8 nitrogen and oxygen atoms in total. The number of amides is 1. The Morgan fingerprint density at radius 2 is 2.23 bits per heavy atom. The number of hydrogen-bond donors (Lipinski definition) is 1. The van der Waals surface area contributed by atoms with Crippen LogP contribution in [0, 0.1) is 17.0 Å². The molecule has 1 aromatic carbocycles. The molecule has 1 heterocycles. The van der Waals surface area contributed by atoms with E-state index >= 15 is 0 Å². The number of carbonyl (C=O) groups is 1. The number of ether oxygens (including phenoxy) is 1. The summed E-state index contributed by atoms with van der Waals surface area (Å²) in [5.74, 6) is 0.229. The number of methoxy groups -OCH3 is 1. The van der Waals surface area contributed by atoms with E-state index in [0.717, 1.165) is 0 Å². The van der Waals surface area contributed by atoms with Gasteiger partial charge in [0.25, 0.3) is 0 Å². The van der Waals surface area contributed by atoms with Gasteiger partial charge >= 0.3 is 5.82 Å². The number of nitrogens with one attached hydrogen (secondary N) is 1. The lowest BCUT2D eigenvalue weighted by Gasteiger charge is -2.06. The van der Waals surface area contributed by atoms with Crippen LogP contribution >= 0.6 is 0 Å². The minimum Gasteiger partial charge on any atom is -0.497 e. The molecule has 0 saturated carbocycles. The lowest BCUT2D eigenvalue weighted by Crippen LogP contribution is -2.15. The maximum Gasteiger partial charge on any atom is 0.390 e. The molecule has 0 fully saturated rings. The van der Waals surface area contributed by atoms with Gasteiger partial charge in [-0.05, 0) is 24.0 Å². The highest BCUT2D eigenvalue weighted by Crippen LogP contribution is 2.17. The molecule has 0 aliphatic carbocycles. The summed E-state index contributed by atoms with van der Waals surface area (Å²) in [5.41, 5.74) is 1.27. The molecule has 0 bridgehead atoms. The molecule has 116 valence electrons. The molecular formula is C14H16N4O4. The normalized spacial score (nSPS) is 10.3. The number of nitrogens with zero attached hydrogens (tertiary/aromatic N) is 3. The second-order valence-corrected chi connectivity index (χ2v) is 4.65. The lowest BCUT2D eigenvalue weighted by atomic mass is 10.3. The molecule has 22 heavy (non-hydrogen) atoms. The van der Waals surface area contributed by atoms with Gasteiger partial charge < -0.3 is 20.2 Å². The summed E-state index contributed by atoms with van der Waals surface area (Å²) in [6.45, 7) is 1.98. The summed E-state index contributed by atoms with van der Waals surface area (Å²) in [6.07, 6.45) is 0.164. The van der Waals surface area contributed by atoms with E-state index in [-0.39, 0.29) is 24.7 Å². The number of rotatable bonds is 6. The molecule has 0 atom stereocenters. The Morgan fingerprint density at radius 1 is 1.45 bits per heavy atom. The van der Waals surface area contributed by atoms with Crippen LogP contribution < -0.4 is 10.1 Å². The molecule has 2 rings (SSSR count). The number of nitro groups is 1. The Balaban J connectivity index is 1.94. The smallest absolute Gasteiger partial charge is 0.390 e. The predicted molar refractivity (Wildman–Crippen MR) is 79.9 cm³/mol. The van der Waals surface area contributed by atoms with E-state index in [1.807, 2.05) is 0 Å².